The van der Waals surface area contributed by atoms with Gasteiger partial charge in [0, 0.05) is 39.3 Å². The van der Waals surface area contributed by atoms with E-state index in [9.17, 15) is 4.79 Å². The van der Waals surface area contributed by atoms with Gasteiger partial charge in [-0.15, -0.1) is 0 Å². The molecule has 29 heavy (non-hydrogen) atoms. The summed E-state index contributed by atoms with van der Waals surface area (Å²) in [4.78, 5) is 16.2. The van der Waals surface area contributed by atoms with Crippen LogP contribution in [0.15, 0.2) is 0 Å². The van der Waals surface area contributed by atoms with E-state index in [-0.39, 0.29) is 18.6 Å². The maximum absolute atomic E-state index is 11.4. The van der Waals surface area contributed by atoms with Crippen molar-refractivity contribution in [1.29, 1.82) is 0 Å². The topological polar surface area (TPSA) is 81.7 Å². The number of hydrogen-bond acceptors (Lipinski definition) is 8. The number of nitrogens with zero attached hydrogens (tertiary/aromatic N) is 2. The fourth-order valence-corrected chi connectivity index (χ4v) is 2.58. The molecule has 9 heteroatoms. The van der Waals surface area contributed by atoms with Crippen LogP contribution in [0.1, 0.15) is 13.8 Å². The number of piperazine rings is 1. The van der Waals surface area contributed by atoms with Crippen LogP contribution in [0.3, 0.4) is 0 Å². The van der Waals surface area contributed by atoms with Crippen LogP contribution in [-0.2, 0) is 28.5 Å². The summed E-state index contributed by atoms with van der Waals surface area (Å²) < 4.78 is 27.1. The lowest BCUT2D eigenvalue weighted by Crippen LogP contribution is -2.45. The monoisotopic (exact) mass is 419 g/mol. The van der Waals surface area contributed by atoms with Gasteiger partial charge in [-0.25, -0.2) is 0 Å². The highest BCUT2D eigenvalue weighted by Crippen LogP contribution is 1.98. The molecule has 1 aliphatic rings. The second-order valence-corrected chi connectivity index (χ2v) is 7.30. The number of ether oxygens (including phenoxy) is 5. The van der Waals surface area contributed by atoms with Crippen LogP contribution in [0.2, 0.25) is 0 Å². The highest BCUT2D eigenvalue weighted by Gasteiger charge is 2.12. The summed E-state index contributed by atoms with van der Waals surface area (Å²) in [7, 11) is 2.16. The molecule has 1 N–H and O–H groups in total. The Labute approximate surface area is 175 Å². The smallest absolute Gasteiger partial charge is 0.246 e. The van der Waals surface area contributed by atoms with Crippen LogP contribution >= 0.6 is 0 Å². The molecule has 0 radical (unpaired) electrons. The van der Waals surface area contributed by atoms with Crippen molar-refractivity contribution < 1.29 is 28.5 Å². The van der Waals surface area contributed by atoms with Crippen molar-refractivity contribution in [2.75, 3.05) is 106 Å². The molecule has 1 fully saturated rings. The predicted molar refractivity (Wildman–Crippen MR) is 111 cm³/mol. The Morgan fingerprint density at radius 2 is 1.34 bits per heavy atom. The van der Waals surface area contributed by atoms with Gasteiger partial charge in [-0.3, -0.25) is 9.69 Å². The number of likely N-dealkylation sites (N-methyl/N-ethyl adjacent to an activating group) is 1. The molecule has 0 unspecified atom stereocenters. The summed E-state index contributed by atoms with van der Waals surface area (Å²) in [5.41, 5.74) is 0. The van der Waals surface area contributed by atoms with Crippen LogP contribution in [-0.4, -0.2) is 128 Å². The molecule has 0 saturated carbocycles. The Morgan fingerprint density at radius 3 is 1.90 bits per heavy atom. The molecule has 0 aromatic rings. The van der Waals surface area contributed by atoms with Crippen molar-refractivity contribution in [3.8, 4) is 0 Å². The summed E-state index contributed by atoms with van der Waals surface area (Å²) in [6, 6.07) is 0. The van der Waals surface area contributed by atoms with Gasteiger partial charge in [0.05, 0.1) is 59.0 Å². The minimum absolute atomic E-state index is 0.0535. The van der Waals surface area contributed by atoms with E-state index < -0.39 is 0 Å². The van der Waals surface area contributed by atoms with Crippen LogP contribution in [0.5, 0.6) is 0 Å². The molecule has 1 rings (SSSR count). The number of hydrogen-bond donors (Lipinski definition) is 1. The Kier molecular flexibility index (Phi) is 16.3. The molecule has 0 atom stereocenters. The molecule has 0 aromatic carbocycles. The van der Waals surface area contributed by atoms with Crippen LogP contribution in [0.25, 0.3) is 0 Å². The Balaban J connectivity index is 1.71. The minimum Gasteiger partial charge on any atom is -0.378 e. The van der Waals surface area contributed by atoms with Gasteiger partial charge in [-0.05, 0) is 20.9 Å². The van der Waals surface area contributed by atoms with E-state index in [1.165, 1.54) is 0 Å². The first kappa shape index (κ1) is 26.2. The summed E-state index contributed by atoms with van der Waals surface area (Å²) in [6.45, 7) is 14.4. The van der Waals surface area contributed by atoms with Crippen molar-refractivity contribution in [1.82, 2.24) is 15.1 Å². The largest absolute Gasteiger partial charge is 0.378 e. The lowest BCUT2D eigenvalue weighted by atomic mass is 10.3. The van der Waals surface area contributed by atoms with E-state index in [1.807, 2.05) is 13.8 Å². The number of carbonyl (C=O) groups excluding carboxylic acids is 1. The third-order valence-electron chi connectivity index (χ3n) is 4.38. The van der Waals surface area contributed by atoms with Gasteiger partial charge in [0.1, 0.15) is 6.61 Å². The number of amides is 1. The molecule has 1 amide bonds. The zero-order chi connectivity index (χ0) is 21.2. The molecular formula is C20H41N3O6. The Hall–Kier alpha value is -0.810. The van der Waals surface area contributed by atoms with Gasteiger partial charge >= 0.3 is 0 Å². The number of rotatable bonds is 18. The quantitative estimate of drug-likeness (QED) is 0.307. The number of carbonyl (C=O) groups is 1. The van der Waals surface area contributed by atoms with E-state index in [1.54, 1.807) is 0 Å². The summed E-state index contributed by atoms with van der Waals surface area (Å²) in [6.07, 6.45) is 0.0535. The van der Waals surface area contributed by atoms with Gasteiger partial charge in [0.25, 0.3) is 0 Å². The van der Waals surface area contributed by atoms with Gasteiger partial charge in [-0.2, -0.15) is 0 Å². The third-order valence-corrected chi connectivity index (χ3v) is 4.38. The fourth-order valence-electron chi connectivity index (χ4n) is 2.58. The molecule has 0 spiro atoms. The van der Waals surface area contributed by atoms with Crippen molar-refractivity contribution in [3.63, 3.8) is 0 Å². The van der Waals surface area contributed by atoms with E-state index >= 15 is 0 Å². The molecule has 0 aliphatic carbocycles. The number of nitrogens with one attached hydrogen (secondary N) is 1. The van der Waals surface area contributed by atoms with Gasteiger partial charge in [-0.1, -0.05) is 0 Å². The Morgan fingerprint density at radius 1 is 0.828 bits per heavy atom. The van der Waals surface area contributed by atoms with Crippen molar-refractivity contribution in [2.24, 2.45) is 0 Å². The molecule has 0 bridgehead atoms. The molecule has 1 saturated heterocycles. The summed E-state index contributed by atoms with van der Waals surface area (Å²) >= 11 is 0. The fraction of sp³-hybridized carbons (Fsp3) is 0.950. The van der Waals surface area contributed by atoms with Gasteiger partial charge in [0.15, 0.2) is 0 Å². The lowest BCUT2D eigenvalue weighted by Gasteiger charge is -2.32. The van der Waals surface area contributed by atoms with E-state index in [2.05, 4.69) is 22.2 Å². The second-order valence-electron chi connectivity index (χ2n) is 7.30. The predicted octanol–water partition coefficient (Wildman–Crippen LogP) is -0.159. The van der Waals surface area contributed by atoms with Crippen LogP contribution in [0, 0.1) is 0 Å². The van der Waals surface area contributed by atoms with Crippen LogP contribution in [0.4, 0.5) is 0 Å². The summed E-state index contributed by atoms with van der Waals surface area (Å²) in [5, 5.41) is 2.73. The summed E-state index contributed by atoms with van der Waals surface area (Å²) in [5.74, 6) is -0.126. The van der Waals surface area contributed by atoms with Crippen LogP contribution < -0.4 is 5.32 Å². The maximum Gasteiger partial charge on any atom is 0.246 e. The molecule has 1 heterocycles. The molecule has 172 valence electrons. The highest BCUT2D eigenvalue weighted by molar-refractivity contribution is 5.77. The average molecular weight is 420 g/mol. The Bertz CT molecular complexity index is 392. The normalized spacial score (nSPS) is 15.9. The van der Waals surface area contributed by atoms with Gasteiger partial charge in [0.2, 0.25) is 5.91 Å². The van der Waals surface area contributed by atoms with E-state index in [0.717, 1.165) is 39.3 Å². The first-order chi connectivity index (χ1) is 14.1. The standard InChI is InChI=1S/C20H41N3O6/c1-19(2)29-18-20(24)21-4-10-25-12-14-27-16-17-28-15-13-26-11-9-23-7-5-22(3)6-8-23/h19H,4-18H2,1-3H3,(H,21,24). The zero-order valence-corrected chi connectivity index (χ0v) is 18.5. The maximum atomic E-state index is 11.4. The second kappa shape index (κ2) is 18.0. The van der Waals surface area contributed by atoms with Crippen molar-refractivity contribution in [2.45, 2.75) is 20.0 Å². The van der Waals surface area contributed by atoms with Crippen molar-refractivity contribution in [3.05, 3.63) is 0 Å². The van der Waals surface area contributed by atoms with E-state index in [4.69, 9.17) is 23.7 Å². The molecule has 0 aromatic heterocycles. The minimum atomic E-state index is -0.126. The van der Waals surface area contributed by atoms with Crippen molar-refractivity contribution >= 4 is 5.91 Å². The SMILES string of the molecule is CC(C)OCC(=O)NCCOCCOCCOCCOCCN1CCN(C)CC1. The average Bonchev–Trinajstić information content (AvgIpc) is 2.70. The first-order valence-electron chi connectivity index (χ1n) is 10.7. The zero-order valence-electron chi connectivity index (χ0n) is 18.5. The lowest BCUT2D eigenvalue weighted by molar-refractivity contribution is -0.127. The first-order valence-corrected chi connectivity index (χ1v) is 10.7. The van der Waals surface area contributed by atoms with E-state index in [0.29, 0.717) is 52.8 Å². The molecular weight excluding hydrogens is 378 g/mol. The highest BCUT2D eigenvalue weighted by atomic mass is 16.6. The molecule has 9 nitrogen and oxygen atoms in total. The molecule has 1 aliphatic heterocycles. The third kappa shape index (κ3) is 16.7. The van der Waals surface area contributed by atoms with Gasteiger partial charge < -0.3 is 33.9 Å².